The van der Waals surface area contributed by atoms with Crippen LogP contribution in [0.4, 0.5) is 0 Å². The number of hydrogen-bond donors (Lipinski definition) is 1. The molecule has 0 aliphatic heterocycles. The summed E-state index contributed by atoms with van der Waals surface area (Å²) >= 11 is 3.54. The average molecular weight is 429 g/mol. The van der Waals surface area contributed by atoms with Crippen molar-refractivity contribution < 1.29 is 9.53 Å². The summed E-state index contributed by atoms with van der Waals surface area (Å²) in [6.45, 7) is 6.13. The molecule has 27 heavy (non-hydrogen) atoms. The van der Waals surface area contributed by atoms with Crippen molar-refractivity contribution >= 4 is 38.8 Å². The van der Waals surface area contributed by atoms with Crippen molar-refractivity contribution in [1.29, 1.82) is 0 Å². The van der Waals surface area contributed by atoms with E-state index in [1.165, 1.54) is 11.1 Å². The molecule has 0 fully saturated rings. The number of carbonyl (C=O) groups excluding carboxylic acids is 1. The topological polar surface area (TPSA) is 50.7 Å². The molecule has 4 nitrogen and oxygen atoms in total. The number of nitrogens with zero attached hydrogens (tertiary/aromatic N) is 1. The second-order valence-electron chi connectivity index (χ2n) is 6.53. The Labute approximate surface area is 169 Å². The third kappa shape index (κ3) is 7.02. The van der Waals surface area contributed by atoms with Gasteiger partial charge in [0.05, 0.1) is 4.47 Å². The van der Waals surface area contributed by atoms with Crippen molar-refractivity contribution in [1.82, 2.24) is 5.43 Å². The van der Waals surface area contributed by atoms with Crippen LogP contribution in [0.2, 0.25) is 0 Å². The summed E-state index contributed by atoms with van der Waals surface area (Å²) in [5.41, 5.74) is 5.00. The van der Waals surface area contributed by atoms with Crippen LogP contribution in [-0.4, -0.2) is 18.7 Å². The fourth-order valence-electron chi connectivity index (χ4n) is 2.45. The second kappa shape index (κ2) is 10.7. The lowest BCUT2D eigenvalue weighted by molar-refractivity contribution is -0.123. The first-order valence-electron chi connectivity index (χ1n) is 8.88. The van der Waals surface area contributed by atoms with E-state index in [-0.39, 0.29) is 12.5 Å². The van der Waals surface area contributed by atoms with Crippen LogP contribution in [0.1, 0.15) is 33.6 Å². The highest BCUT2D eigenvalue weighted by Crippen LogP contribution is 2.32. The van der Waals surface area contributed by atoms with Gasteiger partial charge in [0.25, 0.3) is 5.91 Å². The number of rotatable bonds is 8. The van der Waals surface area contributed by atoms with Crippen molar-refractivity contribution in [3.63, 3.8) is 0 Å². The molecule has 2 aromatic carbocycles. The number of nitrogens with one attached hydrogen (secondary N) is 1. The van der Waals surface area contributed by atoms with Gasteiger partial charge in [0.2, 0.25) is 0 Å². The van der Waals surface area contributed by atoms with Crippen LogP contribution in [0.3, 0.4) is 0 Å². The van der Waals surface area contributed by atoms with E-state index in [0.29, 0.717) is 5.75 Å². The molecule has 0 spiro atoms. The maximum atomic E-state index is 11.9. The third-order valence-electron chi connectivity index (χ3n) is 3.90. The lowest BCUT2D eigenvalue weighted by Crippen LogP contribution is -2.24. The van der Waals surface area contributed by atoms with Crippen LogP contribution in [0.25, 0.3) is 10.8 Å². The van der Waals surface area contributed by atoms with Crippen molar-refractivity contribution in [3.8, 4) is 5.75 Å². The van der Waals surface area contributed by atoms with Gasteiger partial charge >= 0.3 is 0 Å². The van der Waals surface area contributed by atoms with Crippen LogP contribution >= 0.6 is 15.9 Å². The molecule has 0 aliphatic rings. The Morgan fingerprint density at radius 1 is 1.19 bits per heavy atom. The monoisotopic (exact) mass is 428 g/mol. The van der Waals surface area contributed by atoms with E-state index in [1.54, 1.807) is 6.21 Å². The standard InChI is InChI=1S/C22H25BrN2O2/c1-16(2)7-6-8-17(3)13-14-24-25-21(26)15-27-20-12-11-18-9-4-5-10-19(18)22(20)23/h4-5,7,9-14H,6,8,15H2,1-3H3,(H,25,26). The molecule has 5 heteroatoms. The first-order chi connectivity index (χ1) is 13.0. The summed E-state index contributed by atoms with van der Waals surface area (Å²) in [5, 5.41) is 6.08. The molecule has 2 aromatic rings. The van der Waals surface area contributed by atoms with Gasteiger partial charge in [-0.2, -0.15) is 5.10 Å². The first kappa shape index (κ1) is 20.9. The molecule has 2 rings (SSSR count). The molecule has 1 amide bonds. The zero-order chi connectivity index (χ0) is 19.6. The van der Waals surface area contributed by atoms with Gasteiger partial charge in [-0.15, -0.1) is 0 Å². The van der Waals surface area contributed by atoms with Gasteiger partial charge in [-0.25, -0.2) is 5.43 Å². The van der Waals surface area contributed by atoms with Gasteiger partial charge in [0, 0.05) is 6.21 Å². The van der Waals surface area contributed by atoms with Crippen molar-refractivity contribution in [2.24, 2.45) is 5.10 Å². The average Bonchev–Trinajstić information content (AvgIpc) is 2.64. The Kier molecular flexibility index (Phi) is 8.27. The van der Waals surface area contributed by atoms with Crippen molar-refractivity contribution in [3.05, 3.63) is 64.2 Å². The number of hydrazone groups is 1. The molecule has 0 aromatic heterocycles. The smallest absolute Gasteiger partial charge is 0.277 e. The van der Waals surface area contributed by atoms with E-state index in [9.17, 15) is 4.79 Å². The minimum Gasteiger partial charge on any atom is -0.483 e. The molecule has 142 valence electrons. The lowest BCUT2D eigenvalue weighted by atomic mass is 10.1. The molecule has 0 unspecified atom stereocenters. The predicted octanol–water partition coefficient (Wildman–Crippen LogP) is 5.78. The molecule has 0 radical (unpaired) electrons. The zero-order valence-electron chi connectivity index (χ0n) is 16.0. The predicted molar refractivity (Wildman–Crippen MR) is 116 cm³/mol. The highest BCUT2D eigenvalue weighted by molar-refractivity contribution is 9.10. The number of amides is 1. The maximum Gasteiger partial charge on any atom is 0.277 e. The van der Waals surface area contributed by atoms with Gasteiger partial charge in [0.15, 0.2) is 6.61 Å². The summed E-state index contributed by atoms with van der Waals surface area (Å²) in [4.78, 5) is 11.9. The molecule has 0 saturated carbocycles. The van der Waals surface area contributed by atoms with E-state index in [1.807, 2.05) is 49.4 Å². The van der Waals surface area contributed by atoms with E-state index < -0.39 is 0 Å². The first-order valence-corrected chi connectivity index (χ1v) is 9.67. The number of carbonyl (C=O) groups is 1. The minimum atomic E-state index is -0.304. The van der Waals surface area contributed by atoms with Crippen molar-refractivity contribution in [2.75, 3.05) is 6.61 Å². The molecule has 0 aliphatic carbocycles. The number of ether oxygens (including phenoxy) is 1. The van der Waals surface area contributed by atoms with Crippen LogP contribution in [0, 0.1) is 0 Å². The molecule has 0 atom stereocenters. The summed E-state index contributed by atoms with van der Waals surface area (Å²) < 4.78 is 6.45. The molecular formula is C22H25BrN2O2. The fourth-order valence-corrected chi connectivity index (χ4v) is 3.05. The third-order valence-corrected chi connectivity index (χ3v) is 4.72. The Morgan fingerprint density at radius 3 is 2.74 bits per heavy atom. The van der Waals surface area contributed by atoms with Gasteiger partial charge in [-0.05, 0) is 72.5 Å². The highest BCUT2D eigenvalue weighted by Gasteiger charge is 2.08. The van der Waals surface area contributed by atoms with Gasteiger partial charge in [-0.1, -0.05) is 47.6 Å². The van der Waals surface area contributed by atoms with E-state index in [2.05, 4.69) is 46.4 Å². The molecule has 1 N–H and O–H groups in total. The highest BCUT2D eigenvalue weighted by atomic mass is 79.9. The van der Waals surface area contributed by atoms with Gasteiger partial charge < -0.3 is 4.74 Å². The van der Waals surface area contributed by atoms with Gasteiger partial charge in [0.1, 0.15) is 5.75 Å². The summed E-state index contributed by atoms with van der Waals surface area (Å²) in [6.07, 6.45) is 7.70. The van der Waals surface area contributed by atoms with E-state index in [0.717, 1.165) is 28.1 Å². The SMILES string of the molecule is CC(C)=CCCC(C)=CC=NNC(=O)COc1ccc2ccccc2c1Br. The molecule has 0 heterocycles. The normalized spacial score (nSPS) is 11.6. The summed E-state index contributed by atoms with van der Waals surface area (Å²) in [7, 11) is 0. The largest absolute Gasteiger partial charge is 0.483 e. The van der Waals surface area contributed by atoms with Crippen LogP contribution < -0.4 is 10.2 Å². The maximum absolute atomic E-state index is 11.9. The zero-order valence-corrected chi connectivity index (χ0v) is 17.5. The summed E-state index contributed by atoms with van der Waals surface area (Å²) in [5.74, 6) is 0.324. The van der Waals surface area contributed by atoms with Crippen LogP contribution in [0.15, 0.2) is 69.3 Å². The number of halogens is 1. The Balaban J connectivity index is 1.81. The fraction of sp³-hybridized carbons (Fsp3) is 0.273. The number of hydrogen-bond acceptors (Lipinski definition) is 3. The molecule has 0 bridgehead atoms. The number of allylic oxidation sites excluding steroid dienone is 4. The van der Waals surface area contributed by atoms with E-state index >= 15 is 0 Å². The molecular weight excluding hydrogens is 404 g/mol. The Morgan fingerprint density at radius 2 is 1.96 bits per heavy atom. The van der Waals surface area contributed by atoms with Gasteiger partial charge in [-0.3, -0.25) is 4.79 Å². The van der Waals surface area contributed by atoms with Crippen LogP contribution in [-0.2, 0) is 4.79 Å². The van der Waals surface area contributed by atoms with Crippen molar-refractivity contribution in [2.45, 2.75) is 33.6 Å². The number of benzene rings is 2. The Bertz CT molecular complexity index is 881. The lowest BCUT2D eigenvalue weighted by Gasteiger charge is -2.09. The van der Waals surface area contributed by atoms with Crippen LogP contribution in [0.5, 0.6) is 5.75 Å². The minimum absolute atomic E-state index is 0.0997. The second-order valence-corrected chi connectivity index (χ2v) is 7.33. The van der Waals surface area contributed by atoms with E-state index in [4.69, 9.17) is 4.74 Å². The quantitative estimate of drug-likeness (QED) is 0.329. The number of fused-ring (bicyclic) bond motifs is 1. The Hall–Kier alpha value is -2.40. The molecule has 0 saturated heterocycles. The summed E-state index contributed by atoms with van der Waals surface area (Å²) in [6, 6.07) is 11.8.